The lowest BCUT2D eigenvalue weighted by atomic mass is 10.0. The molecule has 1 aromatic heterocycles. The van der Waals surface area contributed by atoms with Crippen molar-refractivity contribution < 1.29 is 18.0 Å². The monoisotopic (exact) mass is 289 g/mol. The Bertz CT molecular complexity index is 467. The Kier molecular flexibility index (Phi) is 4.75. The Morgan fingerprint density at radius 1 is 1.25 bits per heavy atom. The highest BCUT2D eigenvalue weighted by atomic mass is 19.4. The lowest BCUT2D eigenvalue weighted by Crippen LogP contribution is -2.52. The zero-order valence-corrected chi connectivity index (χ0v) is 11.8. The topological polar surface area (TPSA) is 54.0 Å². The second-order valence-corrected chi connectivity index (χ2v) is 5.31. The van der Waals surface area contributed by atoms with Gasteiger partial charge in [-0.15, -0.1) is 0 Å². The molecule has 0 aromatic carbocycles. The first-order valence-corrected chi connectivity index (χ1v) is 6.15. The molecule has 1 amide bonds. The predicted molar refractivity (Wildman–Crippen MR) is 70.2 cm³/mol. The molecule has 0 saturated carbocycles. The number of halogens is 3. The first-order valence-electron chi connectivity index (χ1n) is 6.15. The van der Waals surface area contributed by atoms with Crippen LogP contribution in [0.3, 0.4) is 0 Å². The van der Waals surface area contributed by atoms with Crippen molar-refractivity contribution in [1.82, 2.24) is 10.3 Å². The first-order chi connectivity index (χ1) is 9.02. The smallest absolute Gasteiger partial charge is 0.309 e. The third-order valence-electron chi connectivity index (χ3n) is 2.55. The molecule has 0 bridgehead atoms. The molecule has 112 valence electrons. The van der Waals surface area contributed by atoms with Crippen LogP contribution >= 0.6 is 0 Å². The third kappa shape index (κ3) is 4.48. The minimum atomic E-state index is -4.44. The van der Waals surface area contributed by atoms with Crippen molar-refractivity contribution in [2.24, 2.45) is 0 Å². The van der Waals surface area contributed by atoms with E-state index in [2.05, 4.69) is 15.6 Å². The first kappa shape index (κ1) is 16.4. The van der Waals surface area contributed by atoms with Gasteiger partial charge in [0.1, 0.15) is 5.82 Å². The fourth-order valence-corrected chi connectivity index (χ4v) is 1.70. The molecule has 0 saturated heterocycles. The van der Waals surface area contributed by atoms with Crippen molar-refractivity contribution in [3.8, 4) is 0 Å². The number of nitrogens with zero attached hydrogens (tertiary/aromatic N) is 1. The zero-order valence-electron chi connectivity index (χ0n) is 11.8. The highest BCUT2D eigenvalue weighted by molar-refractivity contribution is 5.96. The summed E-state index contributed by atoms with van der Waals surface area (Å²) in [5.41, 5.74) is -1.70. The molecule has 1 rings (SSSR count). The van der Waals surface area contributed by atoms with Gasteiger partial charge in [0.25, 0.3) is 0 Å². The van der Waals surface area contributed by atoms with E-state index in [0.29, 0.717) is 6.20 Å². The molecule has 1 heterocycles. The van der Waals surface area contributed by atoms with Crippen LogP contribution in [0.1, 0.15) is 33.3 Å². The molecule has 0 radical (unpaired) electrons. The molecule has 7 heteroatoms. The van der Waals surface area contributed by atoms with Crippen LogP contribution in [-0.2, 0) is 11.0 Å². The Hall–Kier alpha value is -1.63. The Labute approximate surface area is 115 Å². The van der Waals surface area contributed by atoms with Gasteiger partial charge in [-0.1, -0.05) is 0 Å². The average Bonchev–Trinajstić information content (AvgIpc) is 2.26. The molecule has 20 heavy (non-hydrogen) atoms. The van der Waals surface area contributed by atoms with Crippen molar-refractivity contribution in [2.75, 3.05) is 5.32 Å². The molecule has 0 fully saturated rings. The standard InChI is InChI=1S/C13H18F3N3O/c1-8(2)19-12(3,4)11(20)18-10-6-5-9(7-17-10)13(14,15)16/h5-8,19H,1-4H3,(H,17,18,20). The second kappa shape index (κ2) is 5.78. The minimum Gasteiger partial charge on any atom is -0.309 e. The van der Waals surface area contributed by atoms with E-state index in [-0.39, 0.29) is 17.8 Å². The molecule has 0 aliphatic carbocycles. The molecule has 0 aliphatic rings. The number of amides is 1. The molecule has 1 aromatic rings. The van der Waals surface area contributed by atoms with Gasteiger partial charge in [-0.05, 0) is 39.8 Å². The van der Waals surface area contributed by atoms with Gasteiger partial charge in [-0.2, -0.15) is 13.2 Å². The van der Waals surface area contributed by atoms with Gasteiger partial charge in [0.05, 0.1) is 11.1 Å². The summed E-state index contributed by atoms with van der Waals surface area (Å²) in [6.07, 6.45) is -3.74. The number of nitrogens with one attached hydrogen (secondary N) is 2. The van der Waals surface area contributed by atoms with E-state index in [4.69, 9.17) is 0 Å². The van der Waals surface area contributed by atoms with Crippen LogP contribution in [0.5, 0.6) is 0 Å². The number of hydrogen-bond donors (Lipinski definition) is 2. The summed E-state index contributed by atoms with van der Waals surface area (Å²) in [7, 11) is 0. The summed E-state index contributed by atoms with van der Waals surface area (Å²) < 4.78 is 37.1. The Morgan fingerprint density at radius 2 is 1.85 bits per heavy atom. The maximum Gasteiger partial charge on any atom is 0.417 e. The second-order valence-electron chi connectivity index (χ2n) is 5.31. The van der Waals surface area contributed by atoms with E-state index in [9.17, 15) is 18.0 Å². The van der Waals surface area contributed by atoms with Gasteiger partial charge in [-0.25, -0.2) is 4.98 Å². The number of hydrogen-bond acceptors (Lipinski definition) is 3. The van der Waals surface area contributed by atoms with Gasteiger partial charge in [0.15, 0.2) is 0 Å². The van der Waals surface area contributed by atoms with Gasteiger partial charge >= 0.3 is 6.18 Å². The zero-order chi connectivity index (χ0) is 15.6. The van der Waals surface area contributed by atoms with Gasteiger partial charge < -0.3 is 10.6 Å². The summed E-state index contributed by atoms with van der Waals surface area (Å²) in [5.74, 6) is -0.278. The van der Waals surface area contributed by atoms with E-state index in [1.165, 1.54) is 0 Å². The van der Waals surface area contributed by atoms with Gasteiger partial charge in [-0.3, -0.25) is 4.79 Å². The summed E-state index contributed by atoms with van der Waals surface area (Å²) in [4.78, 5) is 15.6. The van der Waals surface area contributed by atoms with Crippen LogP contribution in [-0.4, -0.2) is 22.5 Å². The van der Waals surface area contributed by atoms with Gasteiger partial charge in [0, 0.05) is 12.2 Å². The molecule has 0 aliphatic heterocycles. The maximum absolute atomic E-state index is 12.4. The number of pyridine rings is 1. The minimum absolute atomic E-state index is 0.0848. The largest absolute Gasteiger partial charge is 0.417 e. The predicted octanol–water partition coefficient (Wildman–Crippen LogP) is 2.82. The summed E-state index contributed by atoms with van der Waals surface area (Å²) in [6.45, 7) is 7.16. The van der Waals surface area contributed by atoms with E-state index >= 15 is 0 Å². The summed E-state index contributed by atoms with van der Waals surface area (Å²) in [6, 6.07) is 2.11. The van der Waals surface area contributed by atoms with E-state index in [0.717, 1.165) is 12.1 Å². The van der Waals surface area contributed by atoms with Crippen LogP contribution in [0, 0.1) is 0 Å². The SMILES string of the molecule is CC(C)NC(C)(C)C(=O)Nc1ccc(C(F)(F)F)cn1. The van der Waals surface area contributed by atoms with Crippen LogP contribution < -0.4 is 10.6 Å². The number of carbonyl (C=O) groups is 1. The summed E-state index contributed by atoms with van der Waals surface area (Å²) >= 11 is 0. The fourth-order valence-electron chi connectivity index (χ4n) is 1.70. The number of anilines is 1. The normalized spacial score (nSPS) is 12.6. The summed E-state index contributed by atoms with van der Waals surface area (Å²) in [5, 5.41) is 5.54. The molecular weight excluding hydrogens is 271 g/mol. The number of aromatic nitrogens is 1. The maximum atomic E-state index is 12.4. The lowest BCUT2D eigenvalue weighted by Gasteiger charge is -2.27. The Balaban J connectivity index is 2.76. The number of alkyl halides is 3. The molecule has 0 atom stereocenters. The van der Waals surface area contributed by atoms with Gasteiger partial charge in [0.2, 0.25) is 5.91 Å². The number of carbonyl (C=O) groups excluding carboxylic acids is 1. The van der Waals surface area contributed by atoms with Crippen molar-refractivity contribution in [3.05, 3.63) is 23.9 Å². The Morgan fingerprint density at radius 3 is 2.25 bits per heavy atom. The van der Waals surface area contributed by atoms with Crippen LogP contribution in [0.25, 0.3) is 0 Å². The van der Waals surface area contributed by atoms with Crippen molar-refractivity contribution >= 4 is 11.7 Å². The van der Waals surface area contributed by atoms with E-state index in [1.54, 1.807) is 13.8 Å². The quantitative estimate of drug-likeness (QED) is 0.896. The molecule has 0 unspecified atom stereocenters. The van der Waals surface area contributed by atoms with Crippen molar-refractivity contribution in [1.29, 1.82) is 0 Å². The fraction of sp³-hybridized carbons (Fsp3) is 0.538. The van der Waals surface area contributed by atoms with Crippen LogP contribution in [0.2, 0.25) is 0 Å². The van der Waals surface area contributed by atoms with Crippen molar-refractivity contribution in [3.63, 3.8) is 0 Å². The highest BCUT2D eigenvalue weighted by Gasteiger charge is 2.31. The third-order valence-corrected chi connectivity index (χ3v) is 2.55. The van der Waals surface area contributed by atoms with E-state index in [1.807, 2.05) is 13.8 Å². The van der Waals surface area contributed by atoms with E-state index < -0.39 is 17.3 Å². The van der Waals surface area contributed by atoms with Crippen molar-refractivity contribution in [2.45, 2.75) is 45.5 Å². The molecule has 0 spiro atoms. The highest BCUT2D eigenvalue weighted by Crippen LogP contribution is 2.28. The molecular formula is C13H18F3N3O. The number of rotatable bonds is 4. The molecule has 4 nitrogen and oxygen atoms in total. The lowest BCUT2D eigenvalue weighted by molar-refractivity contribution is -0.137. The van der Waals surface area contributed by atoms with Crippen LogP contribution in [0.4, 0.5) is 19.0 Å². The molecule has 2 N–H and O–H groups in total. The van der Waals surface area contributed by atoms with Crippen LogP contribution in [0.15, 0.2) is 18.3 Å². The average molecular weight is 289 g/mol.